The van der Waals surface area contributed by atoms with Crippen molar-refractivity contribution in [2.24, 2.45) is 4.99 Å². The average molecular weight is 466 g/mol. The second-order valence-corrected chi connectivity index (χ2v) is 7.57. The van der Waals surface area contributed by atoms with E-state index in [1.807, 2.05) is 53.8 Å². The summed E-state index contributed by atoms with van der Waals surface area (Å²) in [6.45, 7) is 2.00. The highest BCUT2D eigenvalue weighted by atomic mass is 127. The molecule has 0 spiro atoms. The molecule has 5 nitrogen and oxygen atoms in total. The van der Waals surface area contributed by atoms with Gasteiger partial charge in [0.05, 0.1) is 21.3 Å². The fourth-order valence-electron chi connectivity index (χ4n) is 2.28. The number of hydrogen-bond acceptors (Lipinski definition) is 5. The van der Waals surface area contributed by atoms with Gasteiger partial charge in [0.1, 0.15) is 0 Å². The van der Waals surface area contributed by atoms with E-state index in [1.165, 1.54) is 18.9 Å². The zero-order valence-corrected chi connectivity index (χ0v) is 16.5. The molecule has 0 atom stereocenters. The number of hydrogen-bond donors (Lipinski definition) is 2. The van der Waals surface area contributed by atoms with E-state index in [9.17, 15) is 9.90 Å². The molecule has 0 saturated carbocycles. The summed E-state index contributed by atoms with van der Waals surface area (Å²) in [7, 11) is 1.49. The number of carbonyl (C=O) groups excluding carboxylic acids is 1. The second kappa shape index (κ2) is 7.49. The molecule has 1 fully saturated rings. The number of nitrogens with zero attached hydrogens (tertiary/aromatic N) is 1. The molecule has 2 aromatic rings. The van der Waals surface area contributed by atoms with Gasteiger partial charge in [-0.25, -0.2) is 4.99 Å². The van der Waals surface area contributed by atoms with Crippen molar-refractivity contribution >= 4 is 57.2 Å². The van der Waals surface area contributed by atoms with Crippen LogP contribution in [-0.2, 0) is 4.79 Å². The van der Waals surface area contributed by atoms with Gasteiger partial charge in [0.2, 0.25) is 0 Å². The molecule has 1 aliphatic rings. The normalized spacial score (nSPS) is 17.2. The summed E-state index contributed by atoms with van der Waals surface area (Å²) in [5.74, 6) is 0.268. The molecule has 0 aromatic heterocycles. The zero-order chi connectivity index (χ0) is 18.0. The van der Waals surface area contributed by atoms with Crippen LogP contribution in [0.1, 0.15) is 11.1 Å². The number of halogens is 1. The van der Waals surface area contributed by atoms with Gasteiger partial charge in [-0.05, 0) is 82.7 Å². The third-order valence-corrected chi connectivity index (χ3v) is 5.18. The quantitative estimate of drug-likeness (QED) is 0.526. The van der Waals surface area contributed by atoms with Crippen LogP contribution in [-0.4, -0.2) is 23.3 Å². The van der Waals surface area contributed by atoms with Gasteiger partial charge in [-0.1, -0.05) is 12.1 Å². The summed E-state index contributed by atoms with van der Waals surface area (Å²) in [5, 5.41) is 13.2. The molecule has 128 valence electrons. The van der Waals surface area contributed by atoms with E-state index in [-0.39, 0.29) is 11.7 Å². The predicted molar refractivity (Wildman–Crippen MR) is 109 cm³/mol. The molecule has 3 rings (SSSR count). The van der Waals surface area contributed by atoms with Crippen molar-refractivity contribution in [1.29, 1.82) is 0 Å². The Kier molecular flexibility index (Phi) is 5.33. The predicted octanol–water partition coefficient (Wildman–Crippen LogP) is 4.21. The Labute approximate surface area is 163 Å². The topological polar surface area (TPSA) is 70.9 Å². The number of aryl methyl sites for hydroxylation is 1. The van der Waals surface area contributed by atoms with Crippen LogP contribution >= 0.6 is 34.4 Å². The number of rotatable bonds is 3. The maximum absolute atomic E-state index is 12.2. The Hall–Kier alpha value is -2.00. The Morgan fingerprint density at radius 3 is 2.84 bits per heavy atom. The summed E-state index contributed by atoms with van der Waals surface area (Å²) in [4.78, 5) is 17.2. The van der Waals surface area contributed by atoms with E-state index >= 15 is 0 Å². The molecule has 2 N–H and O–H groups in total. The first-order valence-corrected chi connectivity index (χ1v) is 9.28. The third-order valence-electron chi connectivity index (χ3n) is 3.45. The highest BCUT2D eigenvalue weighted by molar-refractivity contribution is 14.1. The fourth-order valence-corrected chi connectivity index (χ4v) is 3.75. The number of aromatic hydroxyl groups is 1. The molecule has 2 aromatic carbocycles. The number of phenols is 1. The Balaban J connectivity index is 1.88. The van der Waals surface area contributed by atoms with Crippen molar-refractivity contribution < 1.29 is 14.6 Å². The van der Waals surface area contributed by atoms with Gasteiger partial charge in [-0.2, -0.15) is 0 Å². The summed E-state index contributed by atoms with van der Waals surface area (Å²) in [6, 6.07) is 11.2. The van der Waals surface area contributed by atoms with Crippen LogP contribution in [0, 0.1) is 10.5 Å². The number of thioether (sulfide) groups is 1. The first kappa shape index (κ1) is 17.8. The minimum Gasteiger partial charge on any atom is -0.504 e. The molecular formula is C18H15IN2O3S. The minimum atomic E-state index is -0.196. The van der Waals surface area contributed by atoms with Crippen LogP contribution in [0.2, 0.25) is 0 Å². The Morgan fingerprint density at radius 1 is 1.32 bits per heavy atom. The number of phenolic OH excluding ortho intramolecular Hbond substituents is 1. The van der Waals surface area contributed by atoms with Gasteiger partial charge >= 0.3 is 0 Å². The summed E-state index contributed by atoms with van der Waals surface area (Å²) < 4.78 is 5.81. The molecule has 0 aliphatic carbocycles. The molecule has 1 aliphatic heterocycles. The van der Waals surface area contributed by atoms with E-state index in [2.05, 4.69) is 10.3 Å². The van der Waals surface area contributed by atoms with E-state index in [0.29, 0.717) is 19.4 Å². The van der Waals surface area contributed by atoms with E-state index in [4.69, 9.17) is 4.74 Å². The molecule has 0 bridgehead atoms. The van der Waals surface area contributed by atoms with Crippen molar-refractivity contribution in [3.05, 3.63) is 56.0 Å². The van der Waals surface area contributed by atoms with Crippen LogP contribution in [0.3, 0.4) is 0 Å². The lowest BCUT2D eigenvalue weighted by atomic mass is 10.2. The SMILES string of the molecule is COc1cc(C=C2SC(=Nc3cccc(C)c3)NC2=O)cc(I)c1O. The lowest BCUT2D eigenvalue weighted by molar-refractivity contribution is -0.115. The lowest BCUT2D eigenvalue weighted by Gasteiger charge is -2.06. The Morgan fingerprint density at radius 2 is 2.12 bits per heavy atom. The molecule has 7 heteroatoms. The van der Waals surface area contributed by atoms with Gasteiger partial charge in [0.25, 0.3) is 5.91 Å². The monoisotopic (exact) mass is 466 g/mol. The van der Waals surface area contributed by atoms with Crippen LogP contribution < -0.4 is 10.1 Å². The first-order chi connectivity index (χ1) is 12.0. The number of benzene rings is 2. The van der Waals surface area contributed by atoms with Gasteiger partial charge in [-0.3, -0.25) is 4.79 Å². The number of nitrogens with one attached hydrogen (secondary N) is 1. The third kappa shape index (κ3) is 4.16. The number of amidine groups is 1. The van der Waals surface area contributed by atoms with Crippen molar-refractivity contribution in [1.82, 2.24) is 5.32 Å². The fraction of sp³-hybridized carbons (Fsp3) is 0.111. The van der Waals surface area contributed by atoms with Crippen LogP contribution in [0.15, 0.2) is 46.3 Å². The molecule has 1 saturated heterocycles. The standard InChI is InChI=1S/C18H15IN2O3S/c1-10-4-3-5-12(6-10)20-18-21-17(23)15(25-18)9-11-7-13(19)16(22)14(8-11)24-2/h3-9,22H,1-2H3,(H,20,21,23). The molecule has 25 heavy (non-hydrogen) atoms. The first-order valence-electron chi connectivity index (χ1n) is 7.39. The molecule has 1 heterocycles. The lowest BCUT2D eigenvalue weighted by Crippen LogP contribution is -2.19. The van der Waals surface area contributed by atoms with E-state index in [1.54, 1.807) is 18.2 Å². The van der Waals surface area contributed by atoms with E-state index in [0.717, 1.165) is 16.8 Å². The summed E-state index contributed by atoms with van der Waals surface area (Å²) in [6.07, 6.45) is 1.75. The van der Waals surface area contributed by atoms with Gasteiger partial charge in [0.15, 0.2) is 16.7 Å². The minimum absolute atomic E-state index is 0.0930. The van der Waals surface area contributed by atoms with Gasteiger partial charge in [-0.15, -0.1) is 0 Å². The van der Waals surface area contributed by atoms with Crippen molar-refractivity contribution in [3.63, 3.8) is 0 Å². The van der Waals surface area contributed by atoms with Crippen LogP contribution in [0.25, 0.3) is 6.08 Å². The zero-order valence-electron chi connectivity index (χ0n) is 13.5. The van der Waals surface area contributed by atoms with Crippen LogP contribution in [0.5, 0.6) is 11.5 Å². The van der Waals surface area contributed by atoms with Crippen LogP contribution in [0.4, 0.5) is 5.69 Å². The summed E-state index contributed by atoms with van der Waals surface area (Å²) >= 11 is 3.31. The van der Waals surface area contributed by atoms with Crippen molar-refractivity contribution in [3.8, 4) is 11.5 Å². The molecule has 0 unspecified atom stereocenters. The molecular weight excluding hydrogens is 451 g/mol. The number of ether oxygens (including phenoxy) is 1. The highest BCUT2D eigenvalue weighted by Gasteiger charge is 2.24. The van der Waals surface area contributed by atoms with Crippen molar-refractivity contribution in [2.45, 2.75) is 6.92 Å². The molecule has 1 amide bonds. The molecule has 0 radical (unpaired) electrons. The smallest absolute Gasteiger partial charge is 0.264 e. The number of amides is 1. The second-order valence-electron chi connectivity index (χ2n) is 5.37. The number of aliphatic imine (C=N–C) groups is 1. The number of methoxy groups -OCH3 is 1. The Bertz CT molecular complexity index is 909. The maximum Gasteiger partial charge on any atom is 0.264 e. The van der Waals surface area contributed by atoms with Gasteiger partial charge < -0.3 is 15.2 Å². The maximum atomic E-state index is 12.2. The highest BCUT2D eigenvalue weighted by Crippen LogP contribution is 2.35. The average Bonchev–Trinajstić information content (AvgIpc) is 2.90. The largest absolute Gasteiger partial charge is 0.504 e. The van der Waals surface area contributed by atoms with E-state index < -0.39 is 0 Å². The summed E-state index contributed by atoms with van der Waals surface area (Å²) in [5.41, 5.74) is 2.68. The number of carbonyl (C=O) groups is 1. The van der Waals surface area contributed by atoms with Gasteiger partial charge in [0, 0.05) is 0 Å². The van der Waals surface area contributed by atoms with Crippen molar-refractivity contribution in [2.75, 3.05) is 7.11 Å².